The van der Waals surface area contributed by atoms with Crippen molar-refractivity contribution in [1.82, 2.24) is 19.6 Å². The third kappa shape index (κ3) is 9.43. The van der Waals surface area contributed by atoms with Gasteiger partial charge in [0.05, 0.1) is 67.7 Å². The van der Waals surface area contributed by atoms with E-state index in [1.54, 1.807) is 61.5 Å². The van der Waals surface area contributed by atoms with Gasteiger partial charge < -0.3 is 25.2 Å². The maximum absolute atomic E-state index is 12.1. The largest absolute Gasteiger partial charge is 0.493 e. The van der Waals surface area contributed by atoms with Crippen LogP contribution in [0.2, 0.25) is 0 Å². The van der Waals surface area contributed by atoms with Crippen molar-refractivity contribution in [3.63, 3.8) is 0 Å². The molecular formula is C37H28CrN8O12. The summed E-state index contributed by atoms with van der Waals surface area (Å²) in [6, 6.07) is 23.9. The van der Waals surface area contributed by atoms with Crippen LogP contribution in [0.5, 0.6) is 11.8 Å². The summed E-state index contributed by atoms with van der Waals surface area (Å²) in [5.41, 5.74) is -0.0308. The molecule has 4 N–H and O–H groups in total. The number of nitrogens with zero attached hydrogens (tertiary/aromatic N) is 8. The number of aromatic hydroxyl groups is 2. The summed E-state index contributed by atoms with van der Waals surface area (Å²) in [5, 5.41) is 69.6. The van der Waals surface area contributed by atoms with Gasteiger partial charge in [0, 0.05) is 54.1 Å². The molecule has 20 nitrogen and oxygen atoms in total. The SMILES string of the molecule is COC(=O)c1nn(-c2ccccc2)c(O)c1C=Nc1ccc([N+](=O)[O-])cc1C(=O)O.Cc1nn(-c2ccccc2)c(O)c1C=Nc1ccc([N+](=O)[O-])cc1C(=O)O.[Cr]. The molecule has 0 saturated carbocycles. The molecule has 0 fully saturated rings. The maximum atomic E-state index is 12.1. The van der Waals surface area contributed by atoms with Gasteiger partial charge in [-0.2, -0.15) is 14.9 Å². The van der Waals surface area contributed by atoms with Crippen molar-refractivity contribution in [2.45, 2.75) is 6.92 Å². The maximum Gasteiger partial charge on any atom is 0.359 e. The van der Waals surface area contributed by atoms with E-state index in [2.05, 4.69) is 24.9 Å². The van der Waals surface area contributed by atoms with E-state index in [0.717, 1.165) is 42.3 Å². The Hall–Kier alpha value is -8.02. The summed E-state index contributed by atoms with van der Waals surface area (Å²) in [4.78, 5) is 63.3. The van der Waals surface area contributed by atoms with Gasteiger partial charge >= 0.3 is 17.9 Å². The van der Waals surface area contributed by atoms with Crippen LogP contribution in [0.15, 0.2) is 107 Å². The molecule has 6 rings (SSSR count). The Kier molecular flexibility index (Phi) is 13.7. The number of carbonyl (C=O) groups excluding carboxylic acids is 1. The Labute approximate surface area is 336 Å². The number of hydrogen-bond acceptors (Lipinski definition) is 14. The average molecular weight is 829 g/mol. The summed E-state index contributed by atoms with van der Waals surface area (Å²) >= 11 is 0. The summed E-state index contributed by atoms with van der Waals surface area (Å²) in [5.74, 6) is -4.19. The molecule has 0 atom stereocenters. The van der Waals surface area contributed by atoms with Gasteiger partial charge in [-0.3, -0.25) is 30.2 Å². The molecule has 0 amide bonds. The van der Waals surface area contributed by atoms with E-state index in [-0.39, 0.29) is 57.1 Å². The van der Waals surface area contributed by atoms with Crippen LogP contribution in [0.3, 0.4) is 0 Å². The van der Waals surface area contributed by atoms with Crippen LogP contribution in [0.25, 0.3) is 11.4 Å². The van der Waals surface area contributed by atoms with Gasteiger partial charge in [-0.1, -0.05) is 36.4 Å². The minimum atomic E-state index is -1.43. The molecule has 294 valence electrons. The first-order valence-electron chi connectivity index (χ1n) is 16.1. The van der Waals surface area contributed by atoms with Gasteiger partial charge in [-0.25, -0.2) is 19.1 Å². The predicted octanol–water partition coefficient (Wildman–Crippen LogP) is 5.96. The molecule has 6 aromatic rings. The van der Waals surface area contributed by atoms with Crippen molar-refractivity contribution in [2.75, 3.05) is 7.11 Å². The number of methoxy groups -OCH3 is 1. The number of nitro benzene ring substituents is 2. The second-order valence-corrected chi connectivity index (χ2v) is 11.4. The molecule has 0 aliphatic rings. The number of carboxylic acid groups (broad SMARTS) is 2. The monoisotopic (exact) mass is 828 g/mol. The van der Waals surface area contributed by atoms with Crippen LogP contribution < -0.4 is 0 Å². The predicted molar refractivity (Wildman–Crippen MR) is 201 cm³/mol. The van der Waals surface area contributed by atoms with Crippen molar-refractivity contribution >= 4 is 53.1 Å². The molecule has 2 heterocycles. The topological polar surface area (TPSA) is 288 Å². The Bertz CT molecular complexity index is 2590. The van der Waals surface area contributed by atoms with Gasteiger partial charge in [0.25, 0.3) is 11.4 Å². The zero-order valence-corrected chi connectivity index (χ0v) is 31.2. The van der Waals surface area contributed by atoms with Crippen molar-refractivity contribution in [2.24, 2.45) is 9.98 Å². The van der Waals surface area contributed by atoms with Crippen LogP contribution in [0.4, 0.5) is 22.7 Å². The van der Waals surface area contributed by atoms with Crippen LogP contribution in [-0.4, -0.2) is 87.3 Å². The van der Waals surface area contributed by atoms with Crippen LogP contribution >= 0.6 is 0 Å². The van der Waals surface area contributed by atoms with E-state index in [9.17, 15) is 55.0 Å². The third-order valence-electron chi connectivity index (χ3n) is 7.87. The number of hydrogen-bond donors (Lipinski definition) is 4. The van der Waals surface area contributed by atoms with Gasteiger partial charge in [0.1, 0.15) is 0 Å². The number of aromatic nitrogens is 4. The number of carbonyl (C=O) groups is 3. The summed E-state index contributed by atoms with van der Waals surface area (Å²) in [7, 11) is 1.14. The first kappa shape index (κ1) is 42.7. The number of non-ortho nitro benzene ring substituents is 2. The number of rotatable bonds is 11. The standard InChI is InChI=1S/C19H14N4O7.C18H14N4O5.Cr/c1-30-19(27)16-14(17(24)22(21-16)11-5-3-2-4-6-11)10-20-15-8-7-12(23(28)29)9-13(15)18(25)26;1-11-15(17(23)21(20-11)12-5-3-2-4-6-12)10-19-16-8-7-13(22(26)27)9-14(16)18(24)25;/h2-10,24H,1H3,(H,25,26);2-10,23H,1H3,(H,24,25);. The van der Waals surface area contributed by atoms with Crippen LogP contribution in [0.1, 0.15) is 48.0 Å². The Morgan fingerprint density at radius 2 is 1.10 bits per heavy atom. The Balaban J connectivity index is 0.000000254. The normalized spacial score (nSPS) is 10.7. The minimum absolute atomic E-state index is 0. The molecule has 0 radical (unpaired) electrons. The number of benzene rings is 4. The average Bonchev–Trinajstić information content (AvgIpc) is 3.69. The fraction of sp³-hybridized carbons (Fsp3) is 0.0541. The number of nitro groups is 2. The zero-order chi connectivity index (χ0) is 41.4. The van der Waals surface area contributed by atoms with Gasteiger partial charge in [-0.05, 0) is 43.3 Å². The fourth-order valence-electron chi connectivity index (χ4n) is 5.08. The Morgan fingerprint density at radius 3 is 1.52 bits per heavy atom. The number of carboxylic acids is 2. The van der Waals surface area contributed by atoms with Gasteiger partial charge in [0.2, 0.25) is 11.8 Å². The quantitative estimate of drug-likeness (QED) is 0.0507. The molecule has 2 aromatic heterocycles. The van der Waals surface area contributed by atoms with E-state index in [4.69, 9.17) is 0 Å². The van der Waals surface area contributed by atoms with E-state index in [1.807, 2.05) is 6.07 Å². The molecule has 0 unspecified atom stereocenters. The van der Waals surface area contributed by atoms with Gasteiger partial charge in [0.15, 0.2) is 5.69 Å². The summed E-state index contributed by atoms with van der Waals surface area (Å²) in [6.07, 6.45) is 2.33. The number of para-hydroxylation sites is 2. The Morgan fingerprint density at radius 1 is 0.690 bits per heavy atom. The van der Waals surface area contributed by atoms with E-state index < -0.39 is 44.9 Å². The summed E-state index contributed by atoms with van der Waals surface area (Å²) < 4.78 is 7.12. The van der Waals surface area contributed by atoms with Crippen LogP contribution in [0, 0.1) is 27.2 Å². The first-order valence-corrected chi connectivity index (χ1v) is 16.1. The molecule has 0 bridgehead atoms. The van der Waals surface area contributed by atoms with Crippen molar-refractivity contribution in [3.05, 3.63) is 151 Å². The van der Waals surface area contributed by atoms with E-state index >= 15 is 0 Å². The van der Waals surface area contributed by atoms with Gasteiger partial charge in [-0.15, -0.1) is 0 Å². The fourth-order valence-corrected chi connectivity index (χ4v) is 5.08. The van der Waals surface area contributed by atoms with Crippen molar-refractivity contribution in [3.8, 4) is 23.1 Å². The van der Waals surface area contributed by atoms with Crippen LogP contribution in [-0.2, 0) is 22.1 Å². The first-order chi connectivity index (χ1) is 27.2. The van der Waals surface area contributed by atoms with E-state index in [1.165, 1.54) is 23.0 Å². The second kappa shape index (κ2) is 18.5. The molecule has 0 aliphatic carbocycles. The summed E-state index contributed by atoms with van der Waals surface area (Å²) in [6.45, 7) is 1.68. The molecule has 0 aliphatic heterocycles. The number of aliphatic imine (C=N–C) groups is 2. The minimum Gasteiger partial charge on any atom is -0.493 e. The number of aryl methyl sites for hydroxylation is 1. The second-order valence-electron chi connectivity index (χ2n) is 11.4. The van der Waals surface area contributed by atoms with Crippen molar-refractivity contribution < 1.29 is 66.8 Å². The molecule has 0 saturated heterocycles. The molecule has 4 aromatic carbocycles. The zero-order valence-electron chi connectivity index (χ0n) is 29.9. The third-order valence-corrected chi connectivity index (χ3v) is 7.87. The van der Waals surface area contributed by atoms with E-state index in [0.29, 0.717) is 22.6 Å². The molecule has 0 spiro atoms. The van der Waals surface area contributed by atoms with Crippen molar-refractivity contribution in [1.29, 1.82) is 0 Å². The number of ether oxygens (including phenoxy) is 1. The number of aromatic carboxylic acids is 2. The smallest absolute Gasteiger partial charge is 0.359 e. The number of esters is 1. The molecule has 58 heavy (non-hydrogen) atoms. The molecule has 21 heteroatoms. The molecular weight excluding hydrogens is 800 g/mol.